The van der Waals surface area contributed by atoms with E-state index in [9.17, 15) is 0 Å². The topological polar surface area (TPSA) is 0 Å². The van der Waals surface area contributed by atoms with Crippen LogP contribution in [0.4, 0.5) is 0 Å². The summed E-state index contributed by atoms with van der Waals surface area (Å²) in [5.41, 5.74) is 1.44. The normalized spacial score (nSPS) is 11.4. The average molecular weight is 122 g/mol. The fraction of sp³-hybridized carbons (Fsp3) is 0.500. The Bertz CT molecular complexity index is 103. The van der Waals surface area contributed by atoms with Gasteiger partial charge in [0, 0.05) is 0 Å². The fourth-order valence-corrected chi connectivity index (χ4v) is 0.740. The molecule has 0 aromatic heterocycles. The number of hydrogen-bond acceptors (Lipinski definition) is 0. The van der Waals surface area contributed by atoms with E-state index in [0.717, 1.165) is 0 Å². The molecule has 0 spiro atoms. The van der Waals surface area contributed by atoms with Crippen LogP contribution in [0.3, 0.4) is 0 Å². The maximum Gasteiger partial charge on any atom is 0.133 e. The molecule has 0 unspecified atom stereocenters. The lowest BCUT2D eigenvalue weighted by molar-refractivity contribution is 0.807. The predicted octanol–water partition coefficient (Wildman–Crippen LogP) is 1.88. The molecular formula is C8H15B. The van der Waals surface area contributed by atoms with E-state index < -0.39 is 0 Å². The SMILES string of the molecule is B/C(=C/C=C)CCCC. The minimum absolute atomic E-state index is 1.22. The molecule has 0 aliphatic rings. The highest BCUT2D eigenvalue weighted by atomic mass is 13.9. The lowest BCUT2D eigenvalue weighted by Gasteiger charge is -1.95. The summed E-state index contributed by atoms with van der Waals surface area (Å²) < 4.78 is 0. The van der Waals surface area contributed by atoms with E-state index in [1.54, 1.807) is 0 Å². The van der Waals surface area contributed by atoms with Gasteiger partial charge in [-0.15, -0.1) is 5.47 Å². The Morgan fingerprint density at radius 2 is 2.33 bits per heavy atom. The van der Waals surface area contributed by atoms with Crippen LogP contribution in [0.5, 0.6) is 0 Å². The third-order valence-corrected chi connectivity index (χ3v) is 1.33. The van der Waals surface area contributed by atoms with Gasteiger partial charge in [-0.2, -0.15) is 0 Å². The van der Waals surface area contributed by atoms with Crippen LogP contribution in [-0.2, 0) is 0 Å². The largest absolute Gasteiger partial charge is 0.133 e. The number of hydrogen-bond donors (Lipinski definition) is 0. The minimum Gasteiger partial charge on any atom is -0.110 e. The molecule has 0 amide bonds. The highest BCUT2D eigenvalue weighted by molar-refractivity contribution is 6.21. The minimum atomic E-state index is 1.22. The smallest absolute Gasteiger partial charge is 0.110 e. The van der Waals surface area contributed by atoms with Gasteiger partial charge in [-0.25, -0.2) is 0 Å². The van der Waals surface area contributed by atoms with E-state index in [1.165, 1.54) is 24.7 Å². The van der Waals surface area contributed by atoms with Gasteiger partial charge in [-0.1, -0.05) is 38.5 Å². The molecular weight excluding hydrogens is 107 g/mol. The van der Waals surface area contributed by atoms with Gasteiger partial charge in [0.1, 0.15) is 7.85 Å². The van der Waals surface area contributed by atoms with E-state index >= 15 is 0 Å². The van der Waals surface area contributed by atoms with Gasteiger partial charge in [0.25, 0.3) is 0 Å². The van der Waals surface area contributed by atoms with Crippen molar-refractivity contribution in [2.75, 3.05) is 0 Å². The zero-order chi connectivity index (χ0) is 7.11. The van der Waals surface area contributed by atoms with Gasteiger partial charge >= 0.3 is 0 Å². The van der Waals surface area contributed by atoms with Crippen LogP contribution in [0.2, 0.25) is 0 Å². The van der Waals surface area contributed by atoms with E-state index in [1.807, 2.05) is 6.08 Å². The van der Waals surface area contributed by atoms with Crippen LogP contribution >= 0.6 is 0 Å². The molecule has 0 atom stereocenters. The lowest BCUT2D eigenvalue weighted by atomic mass is 9.90. The van der Waals surface area contributed by atoms with Gasteiger partial charge < -0.3 is 0 Å². The van der Waals surface area contributed by atoms with Crippen molar-refractivity contribution < 1.29 is 0 Å². The first-order valence-electron chi connectivity index (χ1n) is 3.59. The summed E-state index contributed by atoms with van der Waals surface area (Å²) in [6.45, 7) is 5.84. The van der Waals surface area contributed by atoms with E-state index in [0.29, 0.717) is 0 Å². The Balaban J connectivity index is 3.36. The fourth-order valence-electron chi connectivity index (χ4n) is 0.740. The van der Waals surface area contributed by atoms with Gasteiger partial charge in [-0.3, -0.25) is 0 Å². The zero-order valence-electron chi connectivity index (χ0n) is 6.48. The number of unbranched alkanes of at least 4 members (excludes halogenated alkanes) is 1. The molecule has 0 aromatic rings. The molecule has 0 nitrogen and oxygen atoms in total. The molecule has 50 valence electrons. The first kappa shape index (κ1) is 8.54. The molecule has 1 heteroatoms. The highest BCUT2D eigenvalue weighted by Crippen LogP contribution is 2.02. The first-order chi connectivity index (χ1) is 4.31. The highest BCUT2D eigenvalue weighted by Gasteiger charge is 1.84. The van der Waals surface area contributed by atoms with Crippen molar-refractivity contribution in [3.63, 3.8) is 0 Å². The number of rotatable bonds is 4. The second-order valence-corrected chi connectivity index (χ2v) is 2.35. The van der Waals surface area contributed by atoms with Crippen molar-refractivity contribution in [3.05, 3.63) is 24.2 Å². The number of allylic oxidation sites excluding steroid dienone is 3. The van der Waals surface area contributed by atoms with Crippen molar-refractivity contribution in [3.8, 4) is 0 Å². The standard InChI is InChI=1S/C8H15B/c1-3-5-7-8(9)6-4-2/h4,6H,2-3,5,7,9H2,1H3/b8-6+. The van der Waals surface area contributed by atoms with Crippen molar-refractivity contribution in [2.45, 2.75) is 26.2 Å². The predicted molar refractivity (Wildman–Crippen MR) is 46.3 cm³/mol. The Hall–Kier alpha value is -0.455. The van der Waals surface area contributed by atoms with E-state index in [4.69, 9.17) is 0 Å². The van der Waals surface area contributed by atoms with Gasteiger partial charge in [-0.05, 0) is 6.42 Å². The molecule has 0 N–H and O–H groups in total. The monoisotopic (exact) mass is 122 g/mol. The molecule has 0 bridgehead atoms. The van der Waals surface area contributed by atoms with Crippen molar-refractivity contribution in [2.24, 2.45) is 0 Å². The molecule has 0 saturated heterocycles. The van der Waals surface area contributed by atoms with Crippen LogP contribution < -0.4 is 0 Å². The summed E-state index contributed by atoms with van der Waals surface area (Å²) in [5.74, 6) is 0. The zero-order valence-corrected chi connectivity index (χ0v) is 6.48. The third-order valence-electron chi connectivity index (χ3n) is 1.33. The van der Waals surface area contributed by atoms with E-state index in [2.05, 4.69) is 27.4 Å². The second kappa shape index (κ2) is 5.68. The van der Waals surface area contributed by atoms with Crippen LogP contribution in [0.25, 0.3) is 0 Å². The van der Waals surface area contributed by atoms with Crippen LogP contribution in [-0.4, -0.2) is 7.85 Å². The summed E-state index contributed by atoms with van der Waals surface area (Å²) in [7, 11) is 2.15. The summed E-state index contributed by atoms with van der Waals surface area (Å²) in [6.07, 6.45) is 7.74. The van der Waals surface area contributed by atoms with Gasteiger partial charge in [0.15, 0.2) is 0 Å². The van der Waals surface area contributed by atoms with Crippen LogP contribution in [0.1, 0.15) is 26.2 Å². The Morgan fingerprint density at radius 3 is 2.78 bits per heavy atom. The summed E-state index contributed by atoms with van der Waals surface area (Å²) in [4.78, 5) is 0. The Labute approximate surface area is 59.1 Å². The molecule has 0 heterocycles. The summed E-state index contributed by atoms with van der Waals surface area (Å²) in [6, 6.07) is 0. The Kier molecular flexibility index (Phi) is 5.39. The van der Waals surface area contributed by atoms with Crippen molar-refractivity contribution in [1.82, 2.24) is 0 Å². The van der Waals surface area contributed by atoms with Crippen LogP contribution in [0.15, 0.2) is 24.2 Å². The maximum absolute atomic E-state index is 3.63. The lowest BCUT2D eigenvalue weighted by Crippen LogP contribution is -1.80. The van der Waals surface area contributed by atoms with Crippen molar-refractivity contribution >= 4 is 7.85 Å². The molecule has 0 aliphatic heterocycles. The van der Waals surface area contributed by atoms with Gasteiger partial charge in [0.05, 0.1) is 0 Å². The molecule has 0 aromatic carbocycles. The van der Waals surface area contributed by atoms with E-state index in [-0.39, 0.29) is 0 Å². The molecule has 0 fully saturated rings. The Morgan fingerprint density at radius 1 is 1.67 bits per heavy atom. The summed E-state index contributed by atoms with van der Waals surface area (Å²) in [5, 5.41) is 0. The molecule has 0 rings (SSSR count). The van der Waals surface area contributed by atoms with Crippen LogP contribution in [0, 0.1) is 0 Å². The second-order valence-electron chi connectivity index (χ2n) is 2.35. The first-order valence-corrected chi connectivity index (χ1v) is 3.59. The molecule has 0 radical (unpaired) electrons. The molecule has 0 saturated carbocycles. The third kappa shape index (κ3) is 5.42. The maximum atomic E-state index is 3.63. The molecule has 0 aliphatic carbocycles. The van der Waals surface area contributed by atoms with Crippen molar-refractivity contribution in [1.29, 1.82) is 0 Å². The summed E-state index contributed by atoms with van der Waals surface area (Å²) >= 11 is 0. The average Bonchev–Trinajstić information content (AvgIpc) is 1.85. The van der Waals surface area contributed by atoms with Gasteiger partial charge in [0.2, 0.25) is 0 Å². The molecule has 9 heavy (non-hydrogen) atoms. The quantitative estimate of drug-likeness (QED) is 0.394.